The van der Waals surface area contributed by atoms with Crippen LogP contribution in [0.1, 0.15) is 25.5 Å². The number of halogens is 2. The molecule has 1 rings (SSSR count). The quantitative estimate of drug-likeness (QED) is 0.860. The van der Waals surface area contributed by atoms with E-state index < -0.39 is 23.3 Å². The highest BCUT2D eigenvalue weighted by Crippen LogP contribution is 2.31. The van der Waals surface area contributed by atoms with Crippen LogP contribution >= 0.6 is 0 Å². The third-order valence-corrected chi connectivity index (χ3v) is 2.44. The molecular weight excluding hydrogens is 212 g/mol. The molecule has 4 heteroatoms. The molecule has 0 bridgehead atoms. The molecule has 90 valence electrons. The van der Waals surface area contributed by atoms with Gasteiger partial charge >= 0.3 is 0 Å². The van der Waals surface area contributed by atoms with Crippen LogP contribution in [-0.2, 0) is 0 Å². The Morgan fingerprint density at radius 1 is 1.25 bits per heavy atom. The number of hydrogen-bond donors (Lipinski definition) is 1. The summed E-state index contributed by atoms with van der Waals surface area (Å²) in [5, 5.41) is 9.99. The van der Waals surface area contributed by atoms with Crippen molar-refractivity contribution in [1.29, 1.82) is 0 Å². The Balaban J connectivity index is 3.22. The molecule has 1 unspecified atom stereocenters. The van der Waals surface area contributed by atoms with Gasteiger partial charge < -0.3 is 5.11 Å². The van der Waals surface area contributed by atoms with Gasteiger partial charge in [-0.15, -0.1) is 0 Å². The molecule has 0 aromatic heterocycles. The van der Waals surface area contributed by atoms with E-state index in [1.807, 2.05) is 0 Å². The van der Waals surface area contributed by atoms with Crippen LogP contribution in [0.3, 0.4) is 0 Å². The van der Waals surface area contributed by atoms with Crippen molar-refractivity contribution in [3.05, 3.63) is 35.4 Å². The first-order valence-corrected chi connectivity index (χ1v) is 5.07. The van der Waals surface area contributed by atoms with Crippen LogP contribution in [0.25, 0.3) is 0 Å². The van der Waals surface area contributed by atoms with Gasteiger partial charge in [-0.1, -0.05) is 6.07 Å². The van der Waals surface area contributed by atoms with Gasteiger partial charge in [-0.05, 0) is 34.0 Å². The Bertz CT molecular complexity index is 372. The van der Waals surface area contributed by atoms with E-state index in [1.165, 1.54) is 12.1 Å². The largest absolute Gasteiger partial charge is 0.388 e. The van der Waals surface area contributed by atoms with Gasteiger partial charge in [0.1, 0.15) is 11.6 Å². The molecule has 1 aromatic rings. The van der Waals surface area contributed by atoms with E-state index in [9.17, 15) is 13.9 Å². The fraction of sp³-hybridized carbons (Fsp3) is 0.500. The van der Waals surface area contributed by atoms with Crippen molar-refractivity contribution in [2.45, 2.75) is 25.5 Å². The Morgan fingerprint density at radius 2 is 1.81 bits per heavy atom. The molecule has 0 amide bonds. The van der Waals surface area contributed by atoms with Crippen molar-refractivity contribution in [3.8, 4) is 0 Å². The normalized spacial score (nSPS) is 14.2. The predicted octanol–water partition coefficient (Wildman–Crippen LogP) is 2.34. The molecule has 1 aromatic carbocycles. The van der Waals surface area contributed by atoms with Crippen LogP contribution in [0.4, 0.5) is 8.78 Å². The van der Waals surface area contributed by atoms with Crippen LogP contribution in [-0.4, -0.2) is 29.7 Å². The maximum absolute atomic E-state index is 13.6. The standard InChI is InChI=1S/C12H17F2NO/c1-12(2,16)11(15(3)4)9-6-5-8(13)7-10(9)14/h5-7,11,16H,1-4H3. The number of aliphatic hydroxyl groups is 1. The monoisotopic (exact) mass is 229 g/mol. The molecule has 1 N–H and O–H groups in total. The second-order valence-electron chi connectivity index (χ2n) is 4.69. The number of likely N-dealkylation sites (N-methyl/N-ethyl adjacent to an activating group) is 1. The Morgan fingerprint density at radius 3 is 2.19 bits per heavy atom. The van der Waals surface area contributed by atoms with Gasteiger partial charge in [0, 0.05) is 11.6 Å². The first-order valence-electron chi connectivity index (χ1n) is 5.07. The molecule has 16 heavy (non-hydrogen) atoms. The maximum Gasteiger partial charge on any atom is 0.131 e. The molecule has 0 saturated heterocycles. The van der Waals surface area contributed by atoms with Crippen molar-refractivity contribution in [3.63, 3.8) is 0 Å². The molecule has 0 aliphatic carbocycles. The van der Waals surface area contributed by atoms with Gasteiger partial charge in [-0.2, -0.15) is 0 Å². The van der Waals surface area contributed by atoms with Crippen LogP contribution in [0.2, 0.25) is 0 Å². The fourth-order valence-electron chi connectivity index (χ4n) is 2.01. The minimum Gasteiger partial charge on any atom is -0.388 e. The van der Waals surface area contributed by atoms with Crippen molar-refractivity contribution in [2.75, 3.05) is 14.1 Å². The smallest absolute Gasteiger partial charge is 0.131 e. The molecule has 0 fully saturated rings. The van der Waals surface area contributed by atoms with Crippen molar-refractivity contribution >= 4 is 0 Å². The summed E-state index contributed by atoms with van der Waals surface area (Å²) in [5.41, 5.74) is -0.818. The SMILES string of the molecule is CN(C)C(c1ccc(F)cc1F)C(C)(C)O. The summed E-state index contributed by atoms with van der Waals surface area (Å²) in [6, 6.07) is 2.87. The number of nitrogens with zero attached hydrogens (tertiary/aromatic N) is 1. The molecule has 0 heterocycles. The van der Waals surface area contributed by atoms with E-state index >= 15 is 0 Å². The Hall–Kier alpha value is -1.00. The van der Waals surface area contributed by atoms with E-state index in [-0.39, 0.29) is 0 Å². The first-order chi connectivity index (χ1) is 7.23. The van der Waals surface area contributed by atoms with Gasteiger partial charge in [0.05, 0.1) is 11.6 Å². The summed E-state index contributed by atoms with van der Waals surface area (Å²) in [7, 11) is 3.48. The zero-order valence-corrected chi connectivity index (χ0v) is 9.96. The highest BCUT2D eigenvalue weighted by atomic mass is 19.1. The average Bonchev–Trinajstić information content (AvgIpc) is 2.06. The highest BCUT2D eigenvalue weighted by molar-refractivity contribution is 5.24. The van der Waals surface area contributed by atoms with E-state index in [0.29, 0.717) is 5.56 Å². The summed E-state index contributed by atoms with van der Waals surface area (Å²) in [5.74, 6) is -1.25. The van der Waals surface area contributed by atoms with Crippen LogP contribution < -0.4 is 0 Å². The van der Waals surface area contributed by atoms with Crippen LogP contribution in [0.15, 0.2) is 18.2 Å². The lowest BCUT2D eigenvalue weighted by atomic mass is 9.90. The Kier molecular flexibility index (Phi) is 3.65. The van der Waals surface area contributed by atoms with Gasteiger partial charge in [-0.3, -0.25) is 4.90 Å². The molecular formula is C12H17F2NO. The summed E-state index contributed by atoms with van der Waals surface area (Å²) in [6.07, 6.45) is 0. The molecule has 0 aliphatic rings. The lowest BCUT2D eigenvalue weighted by Gasteiger charge is -2.35. The van der Waals surface area contributed by atoms with E-state index in [4.69, 9.17) is 0 Å². The second-order valence-corrected chi connectivity index (χ2v) is 4.69. The highest BCUT2D eigenvalue weighted by Gasteiger charge is 2.32. The number of rotatable bonds is 3. The summed E-state index contributed by atoms with van der Waals surface area (Å²) in [4.78, 5) is 1.70. The van der Waals surface area contributed by atoms with E-state index in [0.717, 1.165) is 6.07 Å². The summed E-state index contributed by atoms with van der Waals surface area (Å²) < 4.78 is 26.4. The topological polar surface area (TPSA) is 23.5 Å². The second kappa shape index (κ2) is 4.47. The third-order valence-electron chi connectivity index (χ3n) is 2.44. The molecule has 0 aliphatic heterocycles. The van der Waals surface area contributed by atoms with Crippen LogP contribution in [0.5, 0.6) is 0 Å². The van der Waals surface area contributed by atoms with E-state index in [2.05, 4.69) is 0 Å². The van der Waals surface area contributed by atoms with Gasteiger partial charge in [0.25, 0.3) is 0 Å². The molecule has 2 nitrogen and oxygen atoms in total. The number of benzene rings is 1. The minimum atomic E-state index is -1.11. The first kappa shape index (κ1) is 13.1. The van der Waals surface area contributed by atoms with E-state index in [1.54, 1.807) is 32.8 Å². The van der Waals surface area contributed by atoms with Gasteiger partial charge in [0.2, 0.25) is 0 Å². The zero-order valence-electron chi connectivity index (χ0n) is 9.96. The van der Waals surface area contributed by atoms with Crippen LogP contribution in [0, 0.1) is 11.6 Å². The summed E-state index contributed by atoms with van der Waals surface area (Å²) >= 11 is 0. The zero-order chi connectivity index (χ0) is 12.5. The molecule has 0 radical (unpaired) electrons. The molecule has 1 atom stereocenters. The lowest BCUT2D eigenvalue weighted by molar-refractivity contribution is -0.00469. The van der Waals surface area contributed by atoms with Crippen molar-refractivity contribution in [1.82, 2.24) is 4.90 Å². The van der Waals surface area contributed by atoms with Gasteiger partial charge in [0.15, 0.2) is 0 Å². The average molecular weight is 229 g/mol. The Labute approximate surface area is 94.5 Å². The fourth-order valence-corrected chi connectivity index (χ4v) is 2.01. The van der Waals surface area contributed by atoms with Gasteiger partial charge in [-0.25, -0.2) is 8.78 Å². The number of hydrogen-bond acceptors (Lipinski definition) is 2. The van der Waals surface area contributed by atoms with Crippen molar-refractivity contribution < 1.29 is 13.9 Å². The predicted molar refractivity (Wildman–Crippen MR) is 59.1 cm³/mol. The lowest BCUT2D eigenvalue weighted by Crippen LogP contribution is -2.39. The molecule has 0 saturated carbocycles. The maximum atomic E-state index is 13.6. The van der Waals surface area contributed by atoms with Crippen molar-refractivity contribution in [2.24, 2.45) is 0 Å². The molecule has 0 spiro atoms. The summed E-state index contributed by atoms with van der Waals surface area (Å²) in [6.45, 7) is 3.20. The third kappa shape index (κ3) is 2.77. The minimum absolute atomic E-state index is 0.291.